The Morgan fingerprint density at radius 2 is 1.85 bits per heavy atom. The average molecular weight is 560 g/mol. The van der Waals surface area contributed by atoms with Crippen LogP contribution in [-0.4, -0.2) is 35.2 Å². The number of nitrogens with one attached hydrogen (secondary N) is 1. The van der Waals surface area contributed by atoms with Gasteiger partial charge in [-0.3, -0.25) is 14.4 Å². The first-order chi connectivity index (χ1) is 18.5. The molecule has 0 radical (unpaired) electrons. The summed E-state index contributed by atoms with van der Waals surface area (Å²) in [6, 6.07) is 11.5. The molecule has 0 fully saturated rings. The topological polar surface area (TPSA) is 113 Å². The summed E-state index contributed by atoms with van der Waals surface area (Å²) in [5.74, 6) is -1.26. The van der Waals surface area contributed by atoms with Gasteiger partial charge in [0.15, 0.2) is 0 Å². The highest BCUT2D eigenvalue weighted by atomic mass is 35.5. The van der Waals surface area contributed by atoms with Crippen LogP contribution in [-0.2, 0) is 27.3 Å². The lowest BCUT2D eigenvalue weighted by molar-refractivity contribution is -0.162. The van der Waals surface area contributed by atoms with Crippen molar-refractivity contribution >= 4 is 29.1 Å². The van der Waals surface area contributed by atoms with Crippen molar-refractivity contribution in [1.29, 1.82) is 0 Å². The Hall–Kier alpha value is -3.60. The van der Waals surface area contributed by atoms with Gasteiger partial charge in [0.2, 0.25) is 11.8 Å². The molecule has 11 heteroatoms. The minimum absolute atomic E-state index is 0.125. The van der Waals surface area contributed by atoms with Crippen LogP contribution in [0.15, 0.2) is 59.5 Å². The molecule has 0 saturated heterocycles. The Bertz CT molecular complexity index is 1430. The molecule has 3 atom stereocenters. The van der Waals surface area contributed by atoms with Gasteiger partial charge in [-0.25, -0.2) is 0 Å². The van der Waals surface area contributed by atoms with E-state index in [1.807, 2.05) is 13.0 Å². The summed E-state index contributed by atoms with van der Waals surface area (Å²) in [6.45, 7) is 0.446. The van der Waals surface area contributed by atoms with Gasteiger partial charge in [-0.05, 0) is 73.4 Å². The number of benzene rings is 2. The lowest BCUT2D eigenvalue weighted by Crippen LogP contribution is -2.36. The van der Waals surface area contributed by atoms with Crippen molar-refractivity contribution in [3.63, 3.8) is 0 Å². The molecule has 0 aliphatic carbocycles. The minimum Gasteiger partial charge on any atom is -0.373 e. The number of primary amides is 1. The van der Waals surface area contributed by atoms with Gasteiger partial charge >= 0.3 is 6.61 Å². The molecule has 206 valence electrons. The summed E-state index contributed by atoms with van der Waals surface area (Å²) < 4.78 is 37.6. The molecule has 3 aromatic rings. The summed E-state index contributed by atoms with van der Waals surface area (Å²) in [4.78, 5) is 38.2. The summed E-state index contributed by atoms with van der Waals surface area (Å²) >= 11 is 6.27. The van der Waals surface area contributed by atoms with Crippen molar-refractivity contribution in [3.05, 3.63) is 86.8 Å². The second kappa shape index (κ2) is 12.1. The maximum absolute atomic E-state index is 13.4. The fourth-order valence-electron chi connectivity index (χ4n) is 4.62. The Labute approximate surface area is 228 Å². The van der Waals surface area contributed by atoms with Crippen molar-refractivity contribution < 1.29 is 27.8 Å². The third-order valence-corrected chi connectivity index (χ3v) is 6.76. The minimum atomic E-state index is -3.05. The smallest absolute Gasteiger partial charge is 0.345 e. The van der Waals surface area contributed by atoms with Gasteiger partial charge in [0.25, 0.3) is 5.56 Å². The van der Waals surface area contributed by atoms with Gasteiger partial charge in [-0.1, -0.05) is 17.7 Å². The maximum Gasteiger partial charge on any atom is 0.345 e. The van der Waals surface area contributed by atoms with Crippen LogP contribution in [0.4, 0.5) is 14.5 Å². The number of pyridine rings is 1. The predicted molar refractivity (Wildman–Crippen MR) is 143 cm³/mol. The van der Waals surface area contributed by atoms with Gasteiger partial charge in [0.05, 0.1) is 18.8 Å². The highest BCUT2D eigenvalue weighted by molar-refractivity contribution is 6.30. The number of carbonyl (C=O) groups excluding carboxylic acids is 2. The van der Waals surface area contributed by atoms with Crippen molar-refractivity contribution in [3.8, 4) is 11.1 Å². The first kappa shape index (κ1) is 28.4. The highest BCUT2D eigenvalue weighted by Crippen LogP contribution is 2.33. The second-order valence-corrected chi connectivity index (χ2v) is 9.91. The van der Waals surface area contributed by atoms with Gasteiger partial charge in [-0.2, -0.15) is 8.78 Å². The number of fused-ring (bicyclic) bond motifs is 3. The number of anilines is 1. The van der Waals surface area contributed by atoms with Crippen LogP contribution in [0.1, 0.15) is 47.8 Å². The molecule has 1 aliphatic rings. The number of ether oxygens (including phenoxy) is 2. The zero-order chi connectivity index (χ0) is 28.3. The largest absolute Gasteiger partial charge is 0.373 e. The Morgan fingerprint density at radius 1 is 1.15 bits per heavy atom. The first-order valence-electron chi connectivity index (χ1n) is 12.3. The normalized spacial score (nSPS) is 16.4. The van der Waals surface area contributed by atoms with E-state index < -0.39 is 36.1 Å². The summed E-state index contributed by atoms with van der Waals surface area (Å²) in [5.41, 5.74) is 8.34. The zero-order valence-corrected chi connectivity index (χ0v) is 22.1. The van der Waals surface area contributed by atoms with Crippen LogP contribution < -0.4 is 16.6 Å². The van der Waals surface area contributed by atoms with Gasteiger partial charge in [0, 0.05) is 40.5 Å². The van der Waals surface area contributed by atoms with Crippen molar-refractivity contribution in [1.82, 2.24) is 4.57 Å². The van der Waals surface area contributed by atoms with E-state index in [-0.39, 0.29) is 24.7 Å². The number of hydrogen-bond donors (Lipinski definition) is 2. The van der Waals surface area contributed by atoms with Crippen LogP contribution in [0.3, 0.4) is 0 Å². The number of hydrogen-bond acceptors (Lipinski definition) is 5. The van der Waals surface area contributed by atoms with E-state index in [9.17, 15) is 23.2 Å². The standard InChI is InChI=1S/C28H28ClF2N3O5/c1-15-9-18-3-6-20(29)11-22(18)23-12-25(35)34(13-19(23)14-38-15)24(10-16(2)39-28(30)31)27(37)33-21-7-4-17(5-8-21)26(32)36/h3-8,11-13,15-16,24,28H,9-10,14H2,1-2H3,(H2,32,36)(H,33,37)/t15-,16+,24?/m1/s1. The predicted octanol–water partition coefficient (Wildman–Crippen LogP) is 4.93. The third-order valence-electron chi connectivity index (χ3n) is 6.52. The number of amides is 2. The van der Waals surface area contributed by atoms with E-state index >= 15 is 0 Å². The van der Waals surface area contributed by atoms with E-state index in [2.05, 4.69) is 10.1 Å². The highest BCUT2D eigenvalue weighted by Gasteiger charge is 2.28. The molecule has 8 nitrogen and oxygen atoms in total. The molecule has 1 unspecified atom stereocenters. The summed E-state index contributed by atoms with van der Waals surface area (Å²) in [6.07, 6.45) is 0.754. The molecular weight excluding hydrogens is 532 g/mol. The van der Waals surface area contributed by atoms with Crippen molar-refractivity contribution in [2.75, 3.05) is 5.32 Å². The van der Waals surface area contributed by atoms with Gasteiger partial charge < -0.3 is 25.1 Å². The van der Waals surface area contributed by atoms with Crippen LogP contribution in [0.2, 0.25) is 5.02 Å². The molecular formula is C28H28ClF2N3O5. The van der Waals surface area contributed by atoms with E-state index in [1.54, 1.807) is 12.1 Å². The first-order valence-corrected chi connectivity index (χ1v) is 12.7. The van der Waals surface area contributed by atoms with Crippen LogP contribution in [0.25, 0.3) is 11.1 Å². The second-order valence-electron chi connectivity index (χ2n) is 9.47. The van der Waals surface area contributed by atoms with Crippen molar-refractivity contribution in [2.24, 2.45) is 5.73 Å². The molecule has 2 amide bonds. The fraction of sp³-hybridized carbons (Fsp3) is 0.321. The average Bonchev–Trinajstić information content (AvgIpc) is 2.86. The van der Waals surface area contributed by atoms with E-state index in [4.69, 9.17) is 22.1 Å². The molecule has 0 saturated carbocycles. The number of nitrogens with zero attached hydrogens (tertiary/aromatic N) is 1. The zero-order valence-electron chi connectivity index (χ0n) is 21.3. The Kier molecular flexibility index (Phi) is 8.79. The fourth-order valence-corrected chi connectivity index (χ4v) is 4.79. The molecule has 1 aliphatic heterocycles. The number of nitrogens with two attached hydrogens (primary N) is 1. The number of rotatable bonds is 8. The van der Waals surface area contributed by atoms with Gasteiger partial charge in [0.1, 0.15) is 6.04 Å². The number of halogens is 3. The molecule has 39 heavy (non-hydrogen) atoms. The lowest BCUT2D eigenvalue weighted by Gasteiger charge is -2.26. The molecule has 1 aromatic heterocycles. The third kappa shape index (κ3) is 6.89. The van der Waals surface area contributed by atoms with Crippen molar-refractivity contribution in [2.45, 2.75) is 58.2 Å². The maximum atomic E-state index is 13.4. The van der Waals surface area contributed by atoms with Gasteiger partial charge in [-0.15, -0.1) is 0 Å². The van der Waals surface area contributed by atoms with Crippen LogP contribution in [0.5, 0.6) is 0 Å². The molecule has 0 spiro atoms. The number of aromatic nitrogens is 1. The van der Waals surface area contributed by atoms with Crippen LogP contribution in [0, 0.1) is 0 Å². The monoisotopic (exact) mass is 559 g/mol. The summed E-state index contributed by atoms with van der Waals surface area (Å²) in [5, 5.41) is 3.19. The molecule has 4 rings (SSSR count). The SMILES string of the molecule is C[C@@H]1Cc2ccc(Cl)cc2-c2cc(=O)n(C(C[C@H](C)OC(F)F)C(=O)Nc3ccc(C(N)=O)cc3)cc2CO1. The molecule has 0 bridgehead atoms. The summed E-state index contributed by atoms with van der Waals surface area (Å²) in [7, 11) is 0. The molecule has 2 aromatic carbocycles. The van der Waals surface area contributed by atoms with E-state index in [0.717, 1.165) is 11.1 Å². The molecule has 3 N–H and O–H groups in total. The number of carbonyl (C=O) groups is 2. The van der Waals surface area contributed by atoms with E-state index in [1.165, 1.54) is 48.0 Å². The Morgan fingerprint density at radius 3 is 2.51 bits per heavy atom. The Balaban J connectivity index is 1.75. The van der Waals surface area contributed by atoms with E-state index in [0.29, 0.717) is 28.3 Å². The molecule has 2 heterocycles. The quantitative estimate of drug-likeness (QED) is 0.406. The lowest BCUT2D eigenvalue weighted by atomic mass is 9.92. The van der Waals surface area contributed by atoms with Crippen LogP contribution >= 0.6 is 11.6 Å². The number of alkyl halides is 2.